The quantitative estimate of drug-likeness (QED) is 0.250. The molecule has 0 atom stereocenters. The normalized spacial score (nSPS) is 11.2. The second-order valence-corrected chi connectivity index (χ2v) is 10.7. The number of nitrogens with zero attached hydrogens (tertiary/aromatic N) is 3. The SMILES string of the molecule is Cc1nc(-c2cc(-c3c(C)nc(-c4cccc(F)c4)n(CCc4ccccc4)c3=O)sc2C)cs1. The summed E-state index contributed by atoms with van der Waals surface area (Å²) in [5.41, 5.74) is 4.79. The van der Waals surface area contributed by atoms with E-state index < -0.39 is 0 Å². The van der Waals surface area contributed by atoms with Gasteiger partial charge in [0.15, 0.2) is 0 Å². The summed E-state index contributed by atoms with van der Waals surface area (Å²) in [6.07, 6.45) is 0.667. The maximum Gasteiger partial charge on any atom is 0.262 e. The highest BCUT2D eigenvalue weighted by atomic mass is 32.1. The van der Waals surface area contributed by atoms with Crippen LogP contribution in [-0.4, -0.2) is 14.5 Å². The molecule has 0 radical (unpaired) electrons. The van der Waals surface area contributed by atoms with E-state index in [1.807, 2.05) is 55.6 Å². The monoisotopic (exact) mass is 501 g/mol. The molecule has 35 heavy (non-hydrogen) atoms. The molecule has 0 amide bonds. The van der Waals surface area contributed by atoms with Gasteiger partial charge in [0.1, 0.15) is 11.6 Å². The van der Waals surface area contributed by atoms with Gasteiger partial charge in [-0.2, -0.15) is 0 Å². The predicted octanol–water partition coefficient (Wildman–Crippen LogP) is 7.07. The molecule has 3 heterocycles. The fourth-order valence-corrected chi connectivity index (χ4v) is 5.96. The first-order valence-electron chi connectivity index (χ1n) is 11.4. The highest BCUT2D eigenvalue weighted by molar-refractivity contribution is 7.16. The van der Waals surface area contributed by atoms with Gasteiger partial charge in [-0.05, 0) is 51.0 Å². The van der Waals surface area contributed by atoms with Crippen molar-refractivity contribution < 1.29 is 4.39 Å². The zero-order valence-corrected chi connectivity index (χ0v) is 21.3. The van der Waals surface area contributed by atoms with E-state index in [4.69, 9.17) is 4.98 Å². The number of thiophene rings is 1. The molecular weight excluding hydrogens is 477 g/mol. The summed E-state index contributed by atoms with van der Waals surface area (Å²) in [4.78, 5) is 25.4. The molecule has 0 N–H and O–H groups in total. The van der Waals surface area contributed by atoms with Crippen LogP contribution in [0.15, 0.2) is 70.8 Å². The summed E-state index contributed by atoms with van der Waals surface area (Å²) in [6, 6.07) is 18.3. The Labute approximate surface area is 211 Å². The van der Waals surface area contributed by atoms with Gasteiger partial charge >= 0.3 is 0 Å². The maximum atomic E-state index is 14.1. The van der Waals surface area contributed by atoms with Gasteiger partial charge in [-0.25, -0.2) is 14.4 Å². The van der Waals surface area contributed by atoms with E-state index in [1.165, 1.54) is 12.1 Å². The number of aryl methyl sites for hydroxylation is 4. The summed E-state index contributed by atoms with van der Waals surface area (Å²) >= 11 is 3.19. The molecule has 0 aliphatic carbocycles. The third-order valence-electron chi connectivity index (χ3n) is 5.96. The van der Waals surface area contributed by atoms with Crippen molar-refractivity contribution >= 4 is 22.7 Å². The topological polar surface area (TPSA) is 47.8 Å². The lowest BCUT2D eigenvalue weighted by molar-refractivity contribution is 0.626. The second kappa shape index (κ2) is 9.68. The molecule has 0 fully saturated rings. The van der Waals surface area contributed by atoms with E-state index in [1.54, 1.807) is 39.4 Å². The van der Waals surface area contributed by atoms with Crippen LogP contribution in [0.4, 0.5) is 4.39 Å². The lowest BCUT2D eigenvalue weighted by atomic mass is 10.1. The number of halogens is 1. The van der Waals surface area contributed by atoms with Crippen LogP contribution in [0, 0.1) is 26.6 Å². The number of hydrogen-bond donors (Lipinski definition) is 0. The Balaban J connectivity index is 1.65. The Hall–Kier alpha value is -3.42. The molecule has 0 aliphatic heterocycles. The van der Waals surface area contributed by atoms with E-state index in [-0.39, 0.29) is 11.4 Å². The molecule has 7 heteroatoms. The van der Waals surface area contributed by atoms with Crippen molar-refractivity contribution in [1.82, 2.24) is 14.5 Å². The van der Waals surface area contributed by atoms with Crippen LogP contribution in [0.25, 0.3) is 33.1 Å². The van der Waals surface area contributed by atoms with Crippen LogP contribution in [0.5, 0.6) is 0 Å². The van der Waals surface area contributed by atoms with Crippen LogP contribution in [0.3, 0.4) is 0 Å². The first-order chi connectivity index (χ1) is 16.9. The molecule has 176 valence electrons. The largest absolute Gasteiger partial charge is 0.292 e. The highest BCUT2D eigenvalue weighted by Gasteiger charge is 2.21. The van der Waals surface area contributed by atoms with E-state index in [9.17, 15) is 9.18 Å². The maximum absolute atomic E-state index is 14.1. The molecule has 3 aromatic heterocycles. The summed E-state index contributed by atoms with van der Waals surface area (Å²) in [5, 5.41) is 3.05. The molecular formula is C28H24FN3OS2. The van der Waals surface area contributed by atoms with Gasteiger partial charge in [-0.15, -0.1) is 22.7 Å². The van der Waals surface area contributed by atoms with Crippen molar-refractivity contribution in [3.8, 4) is 33.1 Å². The second-order valence-electron chi connectivity index (χ2n) is 8.43. The Kier molecular flexibility index (Phi) is 6.45. The standard InChI is InChI=1S/C28H24FN3OS2/c1-17-26(25-15-23(18(2)35-25)24-16-34-19(3)31-24)28(33)32(13-12-20-8-5-4-6-9-20)27(30-17)21-10-7-11-22(29)14-21/h4-11,14-16H,12-13H2,1-3H3. The lowest BCUT2D eigenvalue weighted by Crippen LogP contribution is -2.27. The Morgan fingerprint density at radius 1 is 0.971 bits per heavy atom. The van der Waals surface area contributed by atoms with E-state index >= 15 is 0 Å². The van der Waals surface area contributed by atoms with Gasteiger partial charge < -0.3 is 0 Å². The van der Waals surface area contributed by atoms with E-state index in [0.29, 0.717) is 35.6 Å². The molecule has 0 saturated carbocycles. The fourth-order valence-electron chi connectivity index (χ4n) is 4.23. The highest BCUT2D eigenvalue weighted by Crippen LogP contribution is 2.37. The Morgan fingerprint density at radius 2 is 1.77 bits per heavy atom. The van der Waals surface area contributed by atoms with Crippen LogP contribution in [-0.2, 0) is 13.0 Å². The van der Waals surface area contributed by atoms with Crippen molar-refractivity contribution in [1.29, 1.82) is 0 Å². The minimum atomic E-state index is -0.356. The molecule has 0 saturated heterocycles. The Morgan fingerprint density at radius 3 is 2.49 bits per heavy atom. The van der Waals surface area contributed by atoms with Crippen molar-refractivity contribution in [3.63, 3.8) is 0 Å². The minimum absolute atomic E-state index is 0.116. The molecule has 5 rings (SSSR count). The average Bonchev–Trinajstić information content (AvgIpc) is 3.44. The molecule has 0 spiro atoms. The van der Waals surface area contributed by atoms with E-state index in [2.05, 4.69) is 11.9 Å². The van der Waals surface area contributed by atoms with Gasteiger partial charge in [-0.3, -0.25) is 9.36 Å². The first kappa shape index (κ1) is 23.3. The zero-order chi connectivity index (χ0) is 24.5. The third kappa shape index (κ3) is 4.74. The number of benzene rings is 2. The summed E-state index contributed by atoms with van der Waals surface area (Å²) in [5.74, 6) is 0.125. The van der Waals surface area contributed by atoms with Gasteiger partial charge in [0.05, 0.1) is 22.0 Å². The fraction of sp³-hybridized carbons (Fsp3) is 0.179. The van der Waals surface area contributed by atoms with Gasteiger partial charge in [0.2, 0.25) is 0 Å². The first-order valence-corrected chi connectivity index (χ1v) is 13.0. The van der Waals surface area contributed by atoms with Gasteiger partial charge in [0, 0.05) is 32.8 Å². The molecule has 0 aliphatic rings. The minimum Gasteiger partial charge on any atom is -0.292 e. The van der Waals surface area contributed by atoms with Crippen molar-refractivity contribution in [2.24, 2.45) is 0 Å². The van der Waals surface area contributed by atoms with Crippen LogP contribution in [0.2, 0.25) is 0 Å². The van der Waals surface area contributed by atoms with Crippen LogP contribution in [0.1, 0.15) is 21.1 Å². The van der Waals surface area contributed by atoms with Gasteiger partial charge in [-0.1, -0.05) is 42.5 Å². The lowest BCUT2D eigenvalue weighted by Gasteiger charge is -2.16. The average molecular weight is 502 g/mol. The van der Waals surface area contributed by atoms with Crippen molar-refractivity contribution in [2.45, 2.75) is 33.7 Å². The molecule has 2 aromatic carbocycles. The molecule has 4 nitrogen and oxygen atoms in total. The number of aromatic nitrogens is 3. The smallest absolute Gasteiger partial charge is 0.262 e. The number of thiazole rings is 1. The van der Waals surface area contributed by atoms with Crippen LogP contribution < -0.4 is 5.56 Å². The van der Waals surface area contributed by atoms with Crippen molar-refractivity contribution in [2.75, 3.05) is 0 Å². The summed E-state index contributed by atoms with van der Waals surface area (Å²) < 4.78 is 15.8. The third-order valence-corrected chi connectivity index (χ3v) is 7.80. The number of hydrogen-bond acceptors (Lipinski definition) is 5. The Bertz CT molecular complexity index is 1570. The molecule has 0 unspecified atom stereocenters. The van der Waals surface area contributed by atoms with Crippen LogP contribution >= 0.6 is 22.7 Å². The van der Waals surface area contributed by atoms with E-state index in [0.717, 1.165) is 31.6 Å². The van der Waals surface area contributed by atoms with Gasteiger partial charge in [0.25, 0.3) is 5.56 Å². The molecule has 0 bridgehead atoms. The summed E-state index contributed by atoms with van der Waals surface area (Å²) in [6.45, 7) is 6.33. The van der Waals surface area contributed by atoms with Crippen molar-refractivity contribution in [3.05, 3.63) is 103 Å². The number of rotatable bonds is 6. The predicted molar refractivity (Wildman–Crippen MR) is 143 cm³/mol. The molecule has 5 aromatic rings. The summed E-state index contributed by atoms with van der Waals surface area (Å²) in [7, 11) is 0. The zero-order valence-electron chi connectivity index (χ0n) is 19.7.